The molecule has 0 saturated heterocycles. The minimum absolute atomic E-state index is 0.0762. The number of aliphatic hydroxyl groups excluding tert-OH is 1. The maximum atomic E-state index is 9.09. The molecular formula is C15H16BrNO. The lowest BCUT2D eigenvalue weighted by Crippen LogP contribution is -2.01. The van der Waals surface area contributed by atoms with Crippen LogP contribution in [0.2, 0.25) is 0 Å². The summed E-state index contributed by atoms with van der Waals surface area (Å²) < 4.78 is 1.10. The first-order valence-electron chi connectivity index (χ1n) is 5.88. The first kappa shape index (κ1) is 13.1. The van der Waals surface area contributed by atoms with Crippen LogP contribution in [0.15, 0.2) is 46.9 Å². The summed E-state index contributed by atoms with van der Waals surface area (Å²) in [5.74, 6) is 0. The quantitative estimate of drug-likeness (QED) is 0.899. The Morgan fingerprint density at radius 3 is 2.72 bits per heavy atom. The van der Waals surface area contributed by atoms with Crippen LogP contribution in [-0.4, -0.2) is 5.11 Å². The fourth-order valence-electron chi connectivity index (χ4n) is 1.83. The highest BCUT2D eigenvalue weighted by molar-refractivity contribution is 9.10. The van der Waals surface area contributed by atoms with Gasteiger partial charge in [0.25, 0.3) is 0 Å². The van der Waals surface area contributed by atoms with Gasteiger partial charge in [0.05, 0.1) is 6.61 Å². The van der Waals surface area contributed by atoms with E-state index in [0.29, 0.717) is 0 Å². The molecule has 94 valence electrons. The van der Waals surface area contributed by atoms with Crippen LogP contribution in [0.4, 0.5) is 5.69 Å². The number of rotatable bonds is 4. The van der Waals surface area contributed by atoms with E-state index in [1.54, 1.807) is 0 Å². The molecule has 0 amide bonds. The molecule has 0 atom stereocenters. The van der Waals surface area contributed by atoms with Crippen LogP contribution in [0.5, 0.6) is 0 Å². The molecule has 0 aromatic heterocycles. The molecule has 0 aliphatic heterocycles. The second kappa shape index (κ2) is 6.03. The molecule has 0 unspecified atom stereocenters. The molecule has 0 radical (unpaired) electrons. The van der Waals surface area contributed by atoms with Gasteiger partial charge in [0.15, 0.2) is 0 Å². The van der Waals surface area contributed by atoms with E-state index in [2.05, 4.69) is 40.3 Å². The second-order valence-electron chi connectivity index (χ2n) is 4.28. The molecule has 2 aromatic carbocycles. The van der Waals surface area contributed by atoms with E-state index in [9.17, 15) is 0 Å². The lowest BCUT2D eigenvalue weighted by atomic mass is 10.1. The molecule has 3 heteroatoms. The minimum atomic E-state index is 0.0762. The molecule has 0 saturated carbocycles. The molecule has 2 nitrogen and oxygen atoms in total. The fourth-order valence-corrected chi connectivity index (χ4v) is 2.31. The second-order valence-corrected chi connectivity index (χ2v) is 5.20. The zero-order chi connectivity index (χ0) is 13.0. The number of aliphatic hydroxyl groups is 1. The summed E-state index contributed by atoms with van der Waals surface area (Å²) in [7, 11) is 0. The van der Waals surface area contributed by atoms with Gasteiger partial charge in [-0.15, -0.1) is 0 Å². The van der Waals surface area contributed by atoms with Crippen LogP contribution in [-0.2, 0) is 13.2 Å². The van der Waals surface area contributed by atoms with Gasteiger partial charge in [-0.3, -0.25) is 0 Å². The Bertz CT molecular complexity index is 540. The van der Waals surface area contributed by atoms with Crippen molar-refractivity contribution in [2.45, 2.75) is 20.1 Å². The normalized spacial score (nSPS) is 10.4. The van der Waals surface area contributed by atoms with E-state index in [-0.39, 0.29) is 6.61 Å². The summed E-state index contributed by atoms with van der Waals surface area (Å²) in [4.78, 5) is 0. The smallest absolute Gasteiger partial charge is 0.0682 e. The van der Waals surface area contributed by atoms with Crippen molar-refractivity contribution in [2.75, 3.05) is 5.32 Å². The molecule has 0 aliphatic rings. The van der Waals surface area contributed by atoms with Crippen molar-refractivity contribution < 1.29 is 5.11 Å². The number of anilines is 1. The van der Waals surface area contributed by atoms with Gasteiger partial charge in [0.1, 0.15) is 0 Å². The molecule has 0 aliphatic carbocycles. The van der Waals surface area contributed by atoms with Crippen molar-refractivity contribution in [3.8, 4) is 0 Å². The lowest BCUT2D eigenvalue weighted by molar-refractivity contribution is 0.282. The van der Waals surface area contributed by atoms with Gasteiger partial charge in [0, 0.05) is 16.7 Å². The predicted octanol–water partition coefficient (Wildman–Crippen LogP) is 3.86. The molecule has 2 N–H and O–H groups in total. The maximum Gasteiger partial charge on any atom is 0.0682 e. The van der Waals surface area contributed by atoms with Crippen LogP contribution >= 0.6 is 15.9 Å². The van der Waals surface area contributed by atoms with Crippen molar-refractivity contribution >= 4 is 21.6 Å². The molecule has 0 heterocycles. The Labute approximate surface area is 116 Å². The average molecular weight is 306 g/mol. The first-order valence-corrected chi connectivity index (χ1v) is 6.67. The van der Waals surface area contributed by atoms with Crippen molar-refractivity contribution in [3.63, 3.8) is 0 Å². The third-order valence-electron chi connectivity index (χ3n) is 2.90. The largest absolute Gasteiger partial charge is 0.392 e. The van der Waals surface area contributed by atoms with Gasteiger partial charge in [-0.25, -0.2) is 0 Å². The lowest BCUT2D eigenvalue weighted by Gasteiger charge is -2.10. The highest BCUT2D eigenvalue weighted by Crippen LogP contribution is 2.18. The Morgan fingerprint density at radius 1 is 1.17 bits per heavy atom. The van der Waals surface area contributed by atoms with Gasteiger partial charge in [-0.05, 0) is 47.9 Å². The van der Waals surface area contributed by atoms with Gasteiger partial charge >= 0.3 is 0 Å². The van der Waals surface area contributed by atoms with E-state index in [4.69, 9.17) is 5.11 Å². The molecule has 0 fully saturated rings. The van der Waals surface area contributed by atoms with Crippen LogP contribution in [0, 0.1) is 6.92 Å². The number of halogens is 1. The molecule has 2 aromatic rings. The summed E-state index contributed by atoms with van der Waals surface area (Å²) in [6.07, 6.45) is 0. The molecule has 0 spiro atoms. The van der Waals surface area contributed by atoms with Crippen molar-refractivity contribution in [1.29, 1.82) is 0 Å². The maximum absolute atomic E-state index is 9.09. The number of nitrogens with one attached hydrogen (secondary N) is 1. The van der Waals surface area contributed by atoms with E-state index in [0.717, 1.165) is 22.3 Å². The summed E-state index contributed by atoms with van der Waals surface area (Å²) in [6, 6.07) is 14.1. The zero-order valence-corrected chi connectivity index (χ0v) is 11.9. The van der Waals surface area contributed by atoms with Crippen LogP contribution in [0.1, 0.15) is 16.7 Å². The summed E-state index contributed by atoms with van der Waals surface area (Å²) >= 11 is 3.46. The predicted molar refractivity (Wildman–Crippen MR) is 78.6 cm³/mol. The zero-order valence-electron chi connectivity index (χ0n) is 10.3. The van der Waals surface area contributed by atoms with Crippen LogP contribution in [0.3, 0.4) is 0 Å². The Morgan fingerprint density at radius 2 is 2.00 bits per heavy atom. The van der Waals surface area contributed by atoms with Crippen molar-refractivity contribution in [2.24, 2.45) is 0 Å². The Balaban J connectivity index is 2.06. The number of aryl methyl sites for hydroxylation is 1. The third-order valence-corrected chi connectivity index (χ3v) is 3.39. The molecule has 0 bridgehead atoms. The van der Waals surface area contributed by atoms with Gasteiger partial charge in [-0.2, -0.15) is 0 Å². The van der Waals surface area contributed by atoms with Gasteiger partial charge in [0.2, 0.25) is 0 Å². The molecule has 2 rings (SSSR count). The number of hydrogen-bond acceptors (Lipinski definition) is 2. The highest BCUT2D eigenvalue weighted by atomic mass is 79.9. The van der Waals surface area contributed by atoms with E-state index in [1.807, 2.05) is 30.3 Å². The minimum Gasteiger partial charge on any atom is -0.392 e. The Hall–Kier alpha value is -1.32. The van der Waals surface area contributed by atoms with Crippen LogP contribution in [0.25, 0.3) is 0 Å². The Kier molecular flexibility index (Phi) is 4.39. The average Bonchev–Trinajstić information content (AvgIpc) is 2.38. The van der Waals surface area contributed by atoms with Gasteiger partial charge < -0.3 is 10.4 Å². The molecular weight excluding hydrogens is 290 g/mol. The standard InChI is InChI=1S/C15H16BrNO/c1-11-7-14(16)6-5-13(11)9-17-15-4-2-3-12(8-15)10-18/h2-8,17-18H,9-10H2,1H3. The van der Waals surface area contributed by atoms with Crippen molar-refractivity contribution in [3.05, 3.63) is 63.6 Å². The van der Waals surface area contributed by atoms with Crippen molar-refractivity contribution in [1.82, 2.24) is 0 Å². The topological polar surface area (TPSA) is 32.3 Å². The van der Waals surface area contributed by atoms with E-state index in [1.165, 1.54) is 11.1 Å². The summed E-state index contributed by atoms with van der Waals surface area (Å²) in [5, 5.41) is 12.5. The summed E-state index contributed by atoms with van der Waals surface area (Å²) in [6.45, 7) is 2.97. The molecule has 18 heavy (non-hydrogen) atoms. The third kappa shape index (κ3) is 3.34. The number of hydrogen-bond donors (Lipinski definition) is 2. The monoisotopic (exact) mass is 305 g/mol. The van der Waals surface area contributed by atoms with Crippen LogP contribution < -0.4 is 5.32 Å². The number of benzene rings is 2. The first-order chi connectivity index (χ1) is 8.69. The summed E-state index contributed by atoms with van der Waals surface area (Å²) in [5.41, 5.74) is 4.49. The van der Waals surface area contributed by atoms with E-state index < -0.39 is 0 Å². The van der Waals surface area contributed by atoms with Gasteiger partial charge in [-0.1, -0.05) is 34.1 Å². The highest BCUT2D eigenvalue weighted by Gasteiger charge is 2.00. The fraction of sp³-hybridized carbons (Fsp3) is 0.200. The van der Waals surface area contributed by atoms with E-state index >= 15 is 0 Å². The SMILES string of the molecule is Cc1cc(Br)ccc1CNc1cccc(CO)c1.